The third-order valence-electron chi connectivity index (χ3n) is 2.55. The van der Waals surface area contributed by atoms with Gasteiger partial charge in [-0.3, -0.25) is 0 Å². The lowest BCUT2D eigenvalue weighted by atomic mass is 10.4. The van der Waals surface area contributed by atoms with Crippen LogP contribution in [0.1, 0.15) is 0 Å². The SMILES string of the molecule is CN1CN(C)S(=O)(=O)c2c[n+](C)ccc21. The molecule has 0 N–H and O–H groups in total. The predicted octanol–water partition coefficient (Wildman–Crippen LogP) is -0.461. The lowest BCUT2D eigenvalue weighted by Crippen LogP contribution is -2.44. The van der Waals surface area contributed by atoms with Gasteiger partial charge in [0.2, 0.25) is 0 Å². The number of aryl methyl sites for hydroxylation is 1. The molecule has 15 heavy (non-hydrogen) atoms. The molecule has 0 fully saturated rings. The number of rotatable bonds is 0. The Bertz CT molecular complexity index is 498. The summed E-state index contributed by atoms with van der Waals surface area (Å²) in [6.45, 7) is 0.392. The fourth-order valence-electron chi connectivity index (χ4n) is 1.70. The zero-order valence-corrected chi connectivity index (χ0v) is 9.82. The molecule has 2 rings (SSSR count). The number of pyridine rings is 1. The summed E-state index contributed by atoms with van der Waals surface area (Å²) in [7, 11) is 1.97. The van der Waals surface area contributed by atoms with Crippen LogP contribution in [0.25, 0.3) is 0 Å². The molecule has 6 heteroatoms. The molecule has 0 amide bonds. The Balaban J connectivity index is 2.72. The number of hydrogen-bond acceptors (Lipinski definition) is 3. The number of nitrogens with zero attached hydrogens (tertiary/aromatic N) is 3. The second kappa shape index (κ2) is 3.18. The minimum Gasteiger partial charge on any atom is -0.359 e. The highest BCUT2D eigenvalue weighted by Crippen LogP contribution is 2.29. The van der Waals surface area contributed by atoms with Crippen LogP contribution in [0.5, 0.6) is 0 Å². The van der Waals surface area contributed by atoms with Gasteiger partial charge in [0, 0.05) is 20.2 Å². The Morgan fingerprint density at radius 1 is 1.40 bits per heavy atom. The summed E-state index contributed by atoms with van der Waals surface area (Å²) >= 11 is 0. The summed E-state index contributed by atoms with van der Waals surface area (Å²) in [4.78, 5) is 2.28. The number of hydrogen-bond donors (Lipinski definition) is 0. The van der Waals surface area contributed by atoms with Gasteiger partial charge in [0.1, 0.15) is 7.05 Å². The second-order valence-electron chi connectivity index (χ2n) is 3.80. The van der Waals surface area contributed by atoms with Crippen LogP contribution in [0, 0.1) is 0 Å². The van der Waals surface area contributed by atoms with Gasteiger partial charge in [-0.2, -0.15) is 4.31 Å². The maximum atomic E-state index is 12.0. The zero-order chi connectivity index (χ0) is 11.2. The molecule has 82 valence electrons. The van der Waals surface area contributed by atoms with E-state index < -0.39 is 10.0 Å². The van der Waals surface area contributed by atoms with E-state index >= 15 is 0 Å². The van der Waals surface area contributed by atoms with Crippen LogP contribution in [0.15, 0.2) is 23.4 Å². The third kappa shape index (κ3) is 1.49. The first-order valence-corrected chi connectivity index (χ1v) is 6.03. The Kier molecular flexibility index (Phi) is 2.20. The molecule has 0 saturated carbocycles. The van der Waals surface area contributed by atoms with Crippen molar-refractivity contribution in [3.05, 3.63) is 18.5 Å². The molecule has 0 saturated heterocycles. The van der Waals surface area contributed by atoms with Crippen LogP contribution in [0.4, 0.5) is 5.69 Å². The highest BCUT2D eigenvalue weighted by Gasteiger charge is 2.33. The lowest BCUT2D eigenvalue weighted by molar-refractivity contribution is -0.673. The summed E-state index contributed by atoms with van der Waals surface area (Å²) < 4.78 is 27.1. The molecule has 0 unspecified atom stereocenters. The predicted molar refractivity (Wildman–Crippen MR) is 55.8 cm³/mol. The highest BCUT2D eigenvalue weighted by atomic mass is 32.2. The van der Waals surface area contributed by atoms with Crippen LogP contribution >= 0.6 is 0 Å². The molecule has 0 aliphatic carbocycles. The average molecular weight is 228 g/mol. The van der Waals surface area contributed by atoms with Crippen molar-refractivity contribution >= 4 is 15.7 Å². The molecule has 1 aliphatic rings. The van der Waals surface area contributed by atoms with Crippen molar-refractivity contribution < 1.29 is 13.0 Å². The van der Waals surface area contributed by atoms with Crippen molar-refractivity contribution in [2.75, 3.05) is 25.7 Å². The normalized spacial score (nSPS) is 20.1. The van der Waals surface area contributed by atoms with Crippen molar-refractivity contribution in [1.82, 2.24) is 4.31 Å². The molecule has 0 spiro atoms. The van der Waals surface area contributed by atoms with Crippen LogP contribution in [-0.2, 0) is 17.1 Å². The highest BCUT2D eigenvalue weighted by molar-refractivity contribution is 7.89. The monoisotopic (exact) mass is 228 g/mol. The smallest absolute Gasteiger partial charge is 0.252 e. The molecule has 1 aliphatic heterocycles. The van der Waals surface area contributed by atoms with Crippen molar-refractivity contribution in [3.8, 4) is 0 Å². The zero-order valence-electron chi connectivity index (χ0n) is 9.01. The molecular formula is C9H14N3O2S+. The van der Waals surface area contributed by atoms with Crippen molar-refractivity contribution in [1.29, 1.82) is 0 Å². The Hall–Kier alpha value is -1.14. The average Bonchev–Trinajstić information content (AvgIpc) is 2.15. The third-order valence-corrected chi connectivity index (χ3v) is 4.36. The molecule has 0 radical (unpaired) electrons. The lowest BCUT2D eigenvalue weighted by Gasteiger charge is -2.31. The van der Waals surface area contributed by atoms with Crippen LogP contribution in [0.3, 0.4) is 0 Å². The summed E-state index contributed by atoms with van der Waals surface area (Å²) in [6.07, 6.45) is 3.48. The standard InChI is InChI=1S/C9H14N3O2S/c1-10-5-4-8-9(6-10)15(13,14)12(3)7-11(8)2/h4-6H,7H2,1-3H3/q+1. The Morgan fingerprint density at radius 3 is 2.73 bits per heavy atom. The molecule has 0 atom stereocenters. The molecular weight excluding hydrogens is 214 g/mol. The van der Waals surface area contributed by atoms with Crippen molar-refractivity contribution in [3.63, 3.8) is 0 Å². The van der Waals surface area contributed by atoms with Crippen LogP contribution < -0.4 is 9.47 Å². The van der Waals surface area contributed by atoms with E-state index in [1.54, 1.807) is 17.8 Å². The van der Waals surface area contributed by atoms with E-state index in [-0.39, 0.29) is 0 Å². The van der Waals surface area contributed by atoms with E-state index in [4.69, 9.17) is 0 Å². The first-order valence-electron chi connectivity index (χ1n) is 4.59. The van der Waals surface area contributed by atoms with E-state index in [1.807, 2.05) is 31.3 Å². The number of aromatic nitrogens is 1. The molecule has 5 nitrogen and oxygen atoms in total. The minimum absolute atomic E-state index is 0.365. The van der Waals surface area contributed by atoms with Crippen molar-refractivity contribution in [2.24, 2.45) is 7.05 Å². The van der Waals surface area contributed by atoms with Gasteiger partial charge in [-0.15, -0.1) is 0 Å². The molecule has 1 aromatic rings. The maximum absolute atomic E-state index is 12.0. The second-order valence-corrected chi connectivity index (χ2v) is 5.82. The number of fused-ring (bicyclic) bond motifs is 1. The van der Waals surface area contributed by atoms with Gasteiger partial charge in [0.15, 0.2) is 17.3 Å². The molecule has 0 bridgehead atoms. The van der Waals surface area contributed by atoms with E-state index in [0.29, 0.717) is 11.6 Å². The number of anilines is 1. The first kappa shape index (κ1) is 10.4. The van der Waals surface area contributed by atoms with Gasteiger partial charge in [0.05, 0.1) is 12.4 Å². The van der Waals surface area contributed by atoms with Gasteiger partial charge in [-0.25, -0.2) is 13.0 Å². The Labute approximate surface area is 89.6 Å². The van der Waals surface area contributed by atoms with Gasteiger partial charge in [0.25, 0.3) is 10.0 Å². The largest absolute Gasteiger partial charge is 0.359 e. The topological polar surface area (TPSA) is 44.5 Å². The van der Waals surface area contributed by atoms with E-state index in [9.17, 15) is 8.42 Å². The summed E-state index contributed by atoms with van der Waals surface area (Å²) in [5, 5.41) is 0. The van der Waals surface area contributed by atoms with E-state index in [2.05, 4.69) is 0 Å². The fourth-order valence-corrected chi connectivity index (χ4v) is 3.15. The summed E-state index contributed by atoms with van der Waals surface area (Å²) in [6, 6.07) is 1.82. The number of sulfonamides is 1. The van der Waals surface area contributed by atoms with Crippen molar-refractivity contribution in [2.45, 2.75) is 4.90 Å². The van der Waals surface area contributed by atoms with Crippen LogP contribution in [-0.4, -0.2) is 33.5 Å². The summed E-state index contributed by atoms with van der Waals surface area (Å²) in [5.41, 5.74) is 0.756. The minimum atomic E-state index is -3.31. The Morgan fingerprint density at radius 2 is 2.07 bits per heavy atom. The van der Waals surface area contributed by atoms with Crippen LogP contribution in [0.2, 0.25) is 0 Å². The fraction of sp³-hybridized carbons (Fsp3) is 0.444. The first-order chi connectivity index (χ1) is 6.93. The maximum Gasteiger partial charge on any atom is 0.252 e. The van der Waals surface area contributed by atoms with E-state index in [1.165, 1.54) is 4.31 Å². The van der Waals surface area contributed by atoms with E-state index in [0.717, 1.165) is 5.69 Å². The molecule has 0 aromatic carbocycles. The molecule has 1 aromatic heterocycles. The summed E-state index contributed by atoms with van der Waals surface area (Å²) in [5.74, 6) is 0. The van der Waals surface area contributed by atoms with Gasteiger partial charge in [-0.1, -0.05) is 0 Å². The van der Waals surface area contributed by atoms with Gasteiger partial charge < -0.3 is 4.90 Å². The van der Waals surface area contributed by atoms with Gasteiger partial charge in [-0.05, 0) is 0 Å². The molecule has 2 heterocycles. The van der Waals surface area contributed by atoms with Gasteiger partial charge >= 0.3 is 0 Å². The quantitative estimate of drug-likeness (QED) is 0.564.